The number of para-hydroxylation sites is 5. The molecule has 0 aliphatic carbocycles. The first-order valence-corrected chi connectivity index (χ1v) is 19.8. The summed E-state index contributed by atoms with van der Waals surface area (Å²) in [6.07, 6.45) is 0. The molecule has 13 aromatic rings. The predicted molar refractivity (Wildman–Crippen MR) is 242 cm³/mol. The lowest BCUT2D eigenvalue weighted by Gasteiger charge is -2.13. The van der Waals surface area contributed by atoms with Crippen molar-refractivity contribution in [2.45, 2.75) is 0 Å². The maximum absolute atomic E-state index is 6.34. The van der Waals surface area contributed by atoms with Crippen molar-refractivity contribution in [3.63, 3.8) is 0 Å². The van der Waals surface area contributed by atoms with Gasteiger partial charge < -0.3 is 18.1 Å². The van der Waals surface area contributed by atoms with Gasteiger partial charge in [0.05, 0.1) is 33.1 Å². The monoisotopic (exact) mass is 739 g/mol. The largest absolute Gasteiger partial charge is 0.456 e. The Kier molecular flexibility index (Phi) is 6.41. The van der Waals surface area contributed by atoms with Gasteiger partial charge in [-0.15, -0.1) is 0 Å². The van der Waals surface area contributed by atoms with Crippen LogP contribution in [0.2, 0.25) is 0 Å². The van der Waals surface area contributed by atoms with Crippen LogP contribution < -0.4 is 0 Å². The standard InChI is InChI=1S/C54H33N3O/c1-2-16-36(17-3-1)55-46-25-9-5-22-41(46)53-48(55)28-29-49-54(53)42-23-6-10-26-47(42)56(49)37-18-12-14-34(30-37)35-15-13-19-38(31-35)57-45-24-8-4-20-39(45)43-33-52-44(32-50(43)57)40-21-7-11-27-51(40)58-52/h1-33H. The van der Waals surface area contributed by atoms with E-state index in [1.165, 1.54) is 59.9 Å². The number of furan rings is 1. The van der Waals surface area contributed by atoms with Crippen LogP contribution in [0.3, 0.4) is 0 Å². The highest BCUT2D eigenvalue weighted by Crippen LogP contribution is 2.43. The van der Waals surface area contributed by atoms with Crippen molar-refractivity contribution in [3.05, 3.63) is 200 Å². The summed E-state index contributed by atoms with van der Waals surface area (Å²) in [5, 5.41) is 9.71. The van der Waals surface area contributed by atoms with E-state index in [1.807, 2.05) is 12.1 Å². The summed E-state index contributed by atoms with van der Waals surface area (Å²) >= 11 is 0. The summed E-state index contributed by atoms with van der Waals surface area (Å²) in [6.45, 7) is 0. The van der Waals surface area contributed by atoms with Crippen LogP contribution in [-0.4, -0.2) is 13.7 Å². The van der Waals surface area contributed by atoms with Crippen molar-refractivity contribution >= 4 is 87.4 Å². The molecule has 0 saturated heterocycles. The number of hydrogen-bond acceptors (Lipinski definition) is 1. The fraction of sp³-hybridized carbons (Fsp3) is 0. The molecule has 0 atom stereocenters. The second-order valence-electron chi connectivity index (χ2n) is 15.3. The highest BCUT2D eigenvalue weighted by atomic mass is 16.3. The van der Waals surface area contributed by atoms with Crippen molar-refractivity contribution in [1.82, 2.24) is 13.7 Å². The molecule has 58 heavy (non-hydrogen) atoms. The quantitative estimate of drug-likeness (QED) is 0.177. The van der Waals surface area contributed by atoms with Crippen molar-refractivity contribution in [2.75, 3.05) is 0 Å². The molecule has 4 nitrogen and oxygen atoms in total. The Morgan fingerprint density at radius 1 is 0.259 bits per heavy atom. The number of hydrogen-bond donors (Lipinski definition) is 0. The molecule has 270 valence electrons. The fourth-order valence-electron chi connectivity index (χ4n) is 9.77. The van der Waals surface area contributed by atoms with Gasteiger partial charge in [-0.2, -0.15) is 0 Å². The van der Waals surface area contributed by atoms with Crippen LogP contribution in [0, 0.1) is 0 Å². The molecule has 0 bridgehead atoms. The van der Waals surface area contributed by atoms with Gasteiger partial charge in [0.15, 0.2) is 0 Å². The summed E-state index contributed by atoms with van der Waals surface area (Å²) in [7, 11) is 0. The van der Waals surface area contributed by atoms with E-state index in [4.69, 9.17) is 4.42 Å². The van der Waals surface area contributed by atoms with Crippen LogP contribution in [0.25, 0.3) is 116 Å². The molecule has 0 aliphatic heterocycles. The maximum Gasteiger partial charge on any atom is 0.136 e. The van der Waals surface area contributed by atoms with Crippen molar-refractivity contribution in [3.8, 4) is 28.2 Å². The minimum absolute atomic E-state index is 0.912. The van der Waals surface area contributed by atoms with E-state index in [0.29, 0.717) is 0 Å². The summed E-state index contributed by atoms with van der Waals surface area (Å²) in [4.78, 5) is 0. The van der Waals surface area contributed by atoms with Crippen LogP contribution in [0.1, 0.15) is 0 Å². The molecular weight excluding hydrogens is 707 g/mol. The molecule has 0 N–H and O–H groups in total. The lowest BCUT2D eigenvalue weighted by atomic mass is 10.0. The highest BCUT2D eigenvalue weighted by Gasteiger charge is 2.21. The number of aromatic nitrogens is 3. The van der Waals surface area contributed by atoms with Gasteiger partial charge in [0.1, 0.15) is 11.2 Å². The van der Waals surface area contributed by atoms with Gasteiger partial charge in [0.2, 0.25) is 0 Å². The van der Waals surface area contributed by atoms with Crippen molar-refractivity contribution < 1.29 is 4.42 Å². The molecule has 0 unspecified atom stereocenters. The molecular formula is C54H33N3O. The average Bonchev–Trinajstić information content (AvgIpc) is 4.02. The molecule has 0 aliphatic rings. The lowest BCUT2D eigenvalue weighted by Crippen LogP contribution is -1.96. The first kappa shape index (κ1) is 31.4. The van der Waals surface area contributed by atoms with E-state index < -0.39 is 0 Å². The van der Waals surface area contributed by atoms with E-state index in [0.717, 1.165) is 55.6 Å². The third-order valence-corrected chi connectivity index (χ3v) is 12.2. The average molecular weight is 740 g/mol. The molecule has 0 fully saturated rings. The lowest BCUT2D eigenvalue weighted by molar-refractivity contribution is 0.669. The van der Waals surface area contributed by atoms with Gasteiger partial charge in [0.25, 0.3) is 0 Å². The number of rotatable bonds is 4. The zero-order valence-corrected chi connectivity index (χ0v) is 31.3. The molecule has 0 radical (unpaired) electrons. The molecule has 0 saturated carbocycles. The van der Waals surface area contributed by atoms with E-state index in [-0.39, 0.29) is 0 Å². The summed E-state index contributed by atoms with van der Waals surface area (Å²) < 4.78 is 13.6. The van der Waals surface area contributed by atoms with Gasteiger partial charge in [-0.3, -0.25) is 0 Å². The Balaban J connectivity index is 1.01. The van der Waals surface area contributed by atoms with Gasteiger partial charge in [0, 0.05) is 60.2 Å². The van der Waals surface area contributed by atoms with Crippen LogP contribution >= 0.6 is 0 Å². The first-order chi connectivity index (χ1) is 28.8. The Morgan fingerprint density at radius 2 is 0.741 bits per heavy atom. The van der Waals surface area contributed by atoms with Crippen LogP contribution in [0.4, 0.5) is 0 Å². The van der Waals surface area contributed by atoms with Gasteiger partial charge in [-0.1, -0.05) is 115 Å². The Bertz CT molecular complexity index is 3800. The maximum atomic E-state index is 6.34. The minimum Gasteiger partial charge on any atom is -0.456 e. The summed E-state index contributed by atoms with van der Waals surface area (Å²) in [5.41, 5.74) is 14.7. The summed E-state index contributed by atoms with van der Waals surface area (Å²) in [6, 6.07) is 72.5. The molecule has 0 amide bonds. The SMILES string of the molecule is c1ccc(-n2c3ccccc3c3c4c5ccccc5n(-c5cccc(-c6cccc(-n7c8ccccc8c8cc9oc%10ccccc%10c9cc87)c6)c5)c4ccc32)cc1. The Morgan fingerprint density at radius 3 is 1.38 bits per heavy atom. The zero-order chi connectivity index (χ0) is 37.9. The smallest absolute Gasteiger partial charge is 0.136 e. The minimum atomic E-state index is 0.912. The molecule has 4 heterocycles. The zero-order valence-electron chi connectivity index (χ0n) is 31.3. The second-order valence-corrected chi connectivity index (χ2v) is 15.3. The Labute approximate surface area is 332 Å². The van der Waals surface area contributed by atoms with Crippen molar-refractivity contribution in [1.29, 1.82) is 0 Å². The normalized spacial score (nSPS) is 12.1. The van der Waals surface area contributed by atoms with Gasteiger partial charge in [-0.25, -0.2) is 0 Å². The molecule has 4 aromatic heterocycles. The molecule has 0 spiro atoms. The van der Waals surface area contributed by atoms with E-state index in [9.17, 15) is 0 Å². The van der Waals surface area contributed by atoms with Gasteiger partial charge in [-0.05, 0) is 96.1 Å². The third kappa shape index (κ3) is 4.34. The van der Waals surface area contributed by atoms with E-state index >= 15 is 0 Å². The van der Waals surface area contributed by atoms with Crippen molar-refractivity contribution in [2.24, 2.45) is 0 Å². The van der Waals surface area contributed by atoms with E-state index in [2.05, 4.69) is 202 Å². The first-order valence-electron chi connectivity index (χ1n) is 19.8. The molecule has 13 rings (SSSR count). The topological polar surface area (TPSA) is 27.9 Å². The summed E-state index contributed by atoms with van der Waals surface area (Å²) in [5.74, 6) is 0. The Hall–Kier alpha value is -7.82. The number of fused-ring (bicyclic) bond motifs is 13. The second kappa shape index (κ2) is 11.8. The highest BCUT2D eigenvalue weighted by molar-refractivity contribution is 6.29. The van der Waals surface area contributed by atoms with Gasteiger partial charge >= 0.3 is 0 Å². The predicted octanol–water partition coefficient (Wildman–Crippen LogP) is 14.5. The van der Waals surface area contributed by atoms with E-state index in [1.54, 1.807) is 0 Å². The van der Waals surface area contributed by atoms with Crippen LogP contribution in [0.15, 0.2) is 205 Å². The van der Waals surface area contributed by atoms with Crippen LogP contribution in [0.5, 0.6) is 0 Å². The molecule has 4 heteroatoms. The molecule has 9 aromatic carbocycles. The fourth-order valence-corrected chi connectivity index (χ4v) is 9.77. The number of benzene rings is 9. The van der Waals surface area contributed by atoms with Crippen LogP contribution in [-0.2, 0) is 0 Å². The number of nitrogens with zero attached hydrogens (tertiary/aromatic N) is 3. The third-order valence-electron chi connectivity index (χ3n) is 12.2.